The predicted octanol–water partition coefficient (Wildman–Crippen LogP) is 2.96. The summed E-state index contributed by atoms with van der Waals surface area (Å²) < 4.78 is 1.95. The molecule has 0 radical (unpaired) electrons. The number of hydrogen-bond donors (Lipinski definition) is 1. The smallest absolute Gasteiger partial charge is 0.0611 e. The van der Waals surface area contributed by atoms with E-state index in [2.05, 4.69) is 30.2 Å². The second-order valence-corrected chi connectivity index (χ2v) is 4.38. The highest BCUT2D eigenvalue weighted by atomic mass is 14.9. The molecule has 0 saturated heterocycles. The molecule has 0 unspecified atom stereocenters. The summed E-state index contributed by atoms with van der Waals surface area (Å²) in [6.07, 6.45) is 1.99. The van der Waals surface area contributed by atoms with Gasteiger partial charge in [0.05, 0.1) is 5.52 Å². The third-order valence-electron chi connectivity index (χ3n) is 3.11. The van der Waals surface area contributed by atoms with Gasteiger partial charge in [-0.1, -0.05) is 30.3 Å². The topological polar surface area (TPSA) is 30.9 Å². The van der Waals surface area contributed by atoms with Crippen molar-refractivity contribution in [3.8, 4) is 12.0 Å². The first-order chi connectivity index (χ1) is 9.36. The summed E-state index contributed by atoms with van der Waals surface area (Å²) in [4.78, 5) is 0. The van der Waals surface area contributed by atoms with E-state index in [-0.39, 0.29) is 0 Å². The van der Waals surface area contributed by atoms with Gasteiger partial charge >= 0.3 is 0 Å². The molecule has 3 rings (SSSR count). The van der Waals surface area contributed by atoms with Crippen LogP contribution >= 0.6 is 0 Å². The van der Waals surface area contributed by atoms with Crippen molar-refractivity contribution in [3.05, 3.63) is 71.9 Å². The predicted molar refractivity (Wildman–Crippen MR) is 78.5 cm³/mol. The third kappa shape index (κ3) is 2.37. The van der Waals surface area contributed by atoms with Crippen LogP contribution in [0.3, 0.4) is 0 Å². The normalized spacial score (nSPS) is 10.2. The Morgan fingerprint density at radius 1 is 0.947 bits per heavy atom. The number of benzene rings is 2. The Hall–Kier alpha value is -2.50. The van der Waals surface area contributed by atoms with Crippen molar-refractivity contribution in [3.63, 3.8) is 0 Å². The molecular formula is C17H14N2. The van der Waals surface area contributed by atoms with Gasteiger partial charge in [0.2, 0.25) is 0 Å². The molecule has 0 atom stereocenters. The average Bonchev–Trinajstić information content (AvgIpc) is 2.89. The van der Waals surface area contributed by atoms with Crippen LogP contribution in [0.15, 0.2) is 60.8 Å². The Balaban J connectivity index is 1.94. The van der Waals surface area contributed by atoms with E-state index >= 15 is 0 Å². The van der Waals surface area contributed by atoms with Crippen LogP contribution in [0.4, 0.5) is 0 Å². The lowest BCUT2D eigenvalue weighted by molar-refractivity contribution is 1.07. The lowest BCUT2D eigenvalue weighted by atomic mass is 10.1. The fraction of sp³-hybridized carbons (Fsp3) is 0.0588. The van der Waals surface area contributed by atoms with Crippen LogP contribution in [0.5, 0.6) is 0 Å². The number of nitrogens with two attached hydrogens (primary N) is 1. The second kappa shape index (κ2) is 5.01. The molecule has 0 amide bonds. The number of rotatable bonds is 1. The van der Waals surface area contributed by atoms with Crippen molar-refractivity contribution in [2.75, 3.05) is 0 Å². The van der Waals surface area contributed by atoms with E-state index < -0.39 is 0 Å². The highest BCUT2D eigenvalue weighted by Gasteiger charge is 1.96. The zero-order chi connectivity index (χ0) is 13.1. The van der Waals surface area contributed by atoms with Crippen molar-refractivity contribution in [1.82, 2.24) is 4.57 Å². The summed E-state index contributed by atoms with van der Waals surface area (Å²) in [5, 5.41) is 1.20. The van der Waals surface area contributed by atoms with E-state index in [1.165, 1.54) is 5.39 Å². The first-order valence-corrected chi connectivity index (χ1v) is 6.24. The van der Waals surface area contributed by atoms with Crippen LogP contribution in [0.25, 0.3) is 10.9 Å². The Morgan fingerprint density at radius 3 is 2.53 bits per heavy atom. The van der Waals surface area contributed by atoms with Crippen molar-refractivity contribution in [2.24, 2.45) is 5.73 Å². The summed E-state index contributed by atoms with van der Waals surface area (Å²) in [6, 6.07) is 21.5. The lowest BCUT2D eigenvalue weighted by Gasteiger charge is -1.96. The molecule has 0 aliphatic rings. The number of nitrogens with zero attached hydrogens (tertiary/aromatic N) is 1. The van der Waals surface area contributed by atoms with Gasteiger partial charge in [-0.05, 0) is 35.7 Å². The molecule has 0 saturated carbocycles. The fourth-order valence-electron chi connectivity index (χ4n) is 2.03. The summed E-state index contributed by atoms with van der Waals surface area (Å²) in [6.45, 7) is 0.565. The van der Waals surface area contributed by atoms with Gasteiger partial charge in [-0.2, -0.15) is 0 Å². The molecule has 0 spiro atoms. The van der Waals surface area contributed by atoms with Crippen LogP contribution in [0, 0.1) is 12.0 Å². The van der Waals surface area contributed by atoms with E-state index in [9.17, 15) is 0 Å². The van der Waals surface area contributed by atoms with E-state index in [0.717, 1.165) is 16.6 Å². The van der Waals surface area contributed by atoms with Gasteiger partial charge in [0, 0.05) is 29.7 Å². The maximum Gasteiger partial charge on any atom is 0.0611 e. The monoisotopic (exact) mass is 246 g/mol. The van der Waals surface area contributed by atoms with Crippen LogP contribution in [0.2, 0.25) is 0 Å². The molecule has 1 aromatic heterocycles. The number of para-hydroxylation sites is 1. The third-order valence-corrected chi connectivity index (χ3v) is 3.11. The molecule has 0 fully saturated rings. The summed E-state index contributed by atoms with van der Waals surface area (Å²) in [7, 11) is 0. The van der Waals surface area contributed by atoms with E-state index in [1.807, 2.05) is 47.2 Å². The van der Waals surface area contributed by atoms with Gasteiger partial charge in [-0.15, -0.1) is 0 Å². The Morgan fingerprint density at radius 2 is 1.74 bits per heavy atom. The van der Waals surface area contributed by atoms with Crippen LogP contribution in [0.1, 0.15) is 11.1 Å². The molecule has 2 heteroatoms. The molecule has 3 aromatic rings. The van der Waals surface area contributed by atoms with E-state index in [4.69, 9.17) is 5.73 Å². The zero-order valence-electron chi connectivity index (χ0n) is 10.5. The molecular weight excluding hydrogens is 232 g/mol. The fourth-order valence-corrected chi connectivity index (χ4v) is 2.03. The highest BCUT2D eigenvalue weighted by Crippen LogP contribution is 2.13. The van der Waals surface area contributed by atoms with Crippen LogP contribution < -0.4 is 5.73 Å². The summed E-state index contributed by atoms with van der Waals surface area (Å²) >= 11 is 0. The summed E-state index contributed by atoms with van der Waals surface area (Å²) in [5.41, 5.74) is 8.82. The van der Waals surface area contributed by atoms with E-state index in [0.29, 0.717) is 6.54 Å². The minimum Gasteiger partial charge on any atom is -0.326 e. The highest BCUT2D eigenvalue weighted by molar-refractivity contribution is 5.80. The van der Waals surface area contributed by atoms with Gasteiger partial charge in [-0.25, -0.2) is 0 Å². The molecule has 1 heterocycles. The maximum atomic E-state index is 5.57. The van der Waals surface area contributed by atoms with Crippen molar-refractivity contribution >= 4 is 10.9 Å². The first-order valence-electron chi connectivity index (χ1n) is 6.24. The minimum atomic E-state index is 0.565. The SMILES string of the molecule is NCc1ccc(C#Cn2ccc3ccccc32)cc1. The first kappa shape index (κ1) is 11.6. The maximum absolute atomic E-state index is 5.57. The van der Waals surface area contributed by atoms with Gasteiger partial charge < -0.3 is 5.73 Å². The number of hydrogen-bond acceptors (Lipinski definition) is 1. The Bertz CT molecular complexity index is 755. The summed E-state index contributed by atoms with van der Waals surface area (Å²) in [5.74, 6) is 3.16. The van der Waals surface area contributed by atoms with Crippen molar-refractivity contribution < 1.29 is 0 Å². The number of fused-ring (bicyclic) bond motifs is 1. The van der Waals surface area contributed by atoms with Crippen LogP contribution in [-0.4, -0.2) is 4.57 Å². The van der Waals surface area contributed by atoms with Gasteiger partial charge in [0.1, 0.15) is 0 Å². The molecule has 2 aromatic carbocycles. The second-order valence-electron chi connectivity index (χ2n) is 4.38. The number of aromatic nitrogens is 1. The lowest BCUT2D eigenvalue weighted by Crippen LogP contribution is -1.95. The van der Waals surface area contributed by atoms with Crippen molar-refractivity contribution in [2.45, 2.75) is 6.54 Å². The molecule has 2 nitrogen and oxygen atoms in total. The molecule has 0 bridgehead atoms. The van der Waals surface area contributed by atoms with Gasteiger partial charge in [0.25, 0.3) is 0 Å². The van der Waals surface area contributed by atoms with E-state index in [1.54, 1.807) is 0 Å². The van der Waals surface area contributed by atoms with Gasteiger partial charge in [0.15, 0.2) is 0 Å². The molecule has 2 N–H and O–H groups in total. The molecule has 0 aliphatic heterocycles. The molecule has 19 heavy (non-hydrogen) atoms. The average molecular weight is 246 g/mol. The Labute approximate surface area is 112 Å². The zero-order valence-corrected chi connectivity index (χ0v) is 10.5. The molecule has 0 aliphatic carbocycles. The minimum absolute atomic E-state index is 0.565. The van der Waals surface area contributed by atoms with Gasteiger partial charge in [-0.3, -0.25) is 4.57 Å². The largest absolute Gasteiger partial charge is 0.326 e. The standard InChI is InChI=1S/C17H14N2/c18-13-15-7-5-14(6-8-15)9-11-19-12-10-16-3-1-2-4-17(16)19/h1-8,10,12H,13,18H2. The van der Waals surface area contributed by atoms with Crippen molar-refractivity contribution in [1.29, 1.82) is 0 Å². The van der Waals surface area contributed by atoms with Crippen LogP contribution in [-0.2, 0) is 6.54 Å². The Kier molecular flexibility index (Phi) is 3.06. The molecule has 92 valence electrons. The quantitative estimate of drug-likeness (QED) is 0.657.